The minimum Gasteiger partial charge on any atom is -0.390 e. The van der Waals surface area contributed by atoms with E-state index in [0.717, 1.165) is 0 Å². The predicted molar refractivity (Wildman–Crippen MR) is 63.2 cm³/mol. The van der Waals surface area contributed by atoms with Gasteiger partial charge in [-0.05, 0) is 26.2 Å². The Morgan fingerprint density at radius 3 is 2.75 bits per heavy atom. The summed E-state index contributed by atoms with van der Waals surface area (Å²) in [6, 6.07) is 0. The minimum atomic E-state index is -2.90. The van der Waals surface area contributed by atoms with E-state index in [2.05, 4.69) is 0 Å². The van der Waals surface area contributed by atoms with Crippen molar-refractivity contribution in [3.8, 4) is 0 Å². The van der Waals surface area contributed by atoms with Crippen molar-refractivity contribution in [3.05, 3.63) is 0 Å². The summed E-state index contributed by atoms with van der Waals surface area (Å²) in [5.41, 5.74) is -0.721. The number of sulfone groups is 1. The lowest BCUT2D eigenvalue weighted by atomic mass is 9.87. The lowest BCUT2D eigenvalue weighted by Crippen LogP contribution is -2.40. The SMILES string of the molecule is CCS(=O)(=O)CCCC1(O)CCOC(C)C1. The van der Waals surface area contributed by atoms with E-state index in [4.69, 9.17) is 4.74 Å². The van der Waals surface area contributed by atoms with Crippen LogP contribution in [-0.4, -0.2) is 43.3 Å². The Hall–Kier alpha value is -0.130. The first-order valence-electron chi connectivity index (χ1n) is 5.91. The molecule has 1 aliphatic heterocycles. The molecule has 0 saturated carbocycles. The zero-order valence-corrected chi connectivity index (χ0v) is 10.9. The van der Waals surface area contributed by atoms with Crippen molar-refractivity contribution in [2.24, 2.45) is 0 Å². The first-order valence-corrected chi connectivity index (χ1v) is 7.73. The maximum atomic E-state index is 11.3. The molecule has 1 rings (SSSR count). The van der Waals surface area contributed by atoms with Crippen LogP contribution >= 0.6 is 0 Å². The fourth-order valence-corrected chi connectivity index (χ4v) is 3.01. The monoisotopic (exact) mass is 250 g/mol. The van der Waals surface area contributed by atoms with E-state index in [0.29, 0.717) is 32.3 Å². The van der Waals surface area contributed by atoms with E-state index in [-0.39, 0.29) is 17.6 Å². The molecule has 1 saturated heterocycles. The van der Waals surface area contributed by atoms with Gasteiger partial charge < -0.3 is 9.84 Å². The number of ether oxygens (including phenoxy) is 1. The fourth-order valence-electron chi connectivity index (χ4n) is 2.14. The molecule has 0 aromatic rings. The molecule has 2 atom stereocenters. The van der Waals surface area contributed by atoms with Crippen LogP contribution < -0.4 is 0 Å². The van der Waals surface area contributed by atoms with Gasteiger partial charge in [0.25, 0.3) is 0 Å². The molecule has 2 unspecified atom stereocenters. The van der Waals surface area contributed by atoms with Crippen LogP contribution in [0.3, 0.4) is 0 Å². The molecule has 0 aliphatic carbocycles. The highest BCUT2D eigenvalue weighted by Gasteiger charge is 2.32. The van der Waals surface area contributed by atoms with Gasteiger partial charge in [0.05, 0.1) is 17.5 Å². The molecular formula is C11H22O4S. The summed E-state index contributed by atoms with van der Waals surface area (Å²) < 4.78 is 28.0. The normalized spacial score (nSPS) is 31.6. The Bertz CT molecular complexity index is 312. The van der Waals surface area contributed by atoms with E-state index < -0.39 is 15.4 Å². The Morgan fingerprint density at radius 1 is 1.50 bits per heavy atom. The lowest BCUT2D eigenvalue weighted by molar-refractivity contribution is -0.100. The first-order chi connectivity index (χ1) is 7.37. The van der Waals surface area contributed by atoms with Gasteiger partial charge in [-0.3, -0.25) is 0 Å². The van der Waals surface area contributed by atoms with Crippen LogP contribution in [0.15, 0.2) is 0 Å². The molecule has 96 valence electrons. The van der Waals surface area contributed by atoms with Gasteiger partial charge in [0.15, 0.2) is 0 Å². The first kappa shape index (κ1) is 13.9. The van der Waals surface area contributed by atoms with Gasteiger partial charge in [0.1, 0.15) is 9.84 Å². The van der Waals surface area contributed by atoms with Crippen molar-refractivity contribution >= 4 is 9.84 Å². The van der Waals surface area contributed by atoms with Crippen LogP contribution in [0, 0.1) is 0 Å². The summed E-state index contributed by atoms with van der Waals surface area (Å²) in [4.78, 5) is 0. The molecule has 0 spiro atoms. The van der Waals surface area contributed by atoms with Crippen LogP contribution in [0.25, 0.3) is 0 Å². The van der Waals surface area contributed by atoms with Gasteiger partial charge in [-0.15, -0.1) is 0 Å². The maximum Gasteiger partial charge on any atom is 0.150 e. The summed E-state index contributed by atoms with van der Waals surface area (Å²) in [6.45, 7) is 4.16. The molecule has 0 amide bonds. The Morgan fingerprint density at radius 2 is 2.19 bits per heavy atom. The third-order valence-corrected chi connectivity index (χ3v) is 4.96. The molecule has 5 heteroatoms. The summed E-state index contributed by atoms with van der Waals surface area (Å²) in [7, 11) is -2.90. The van der Waals surface area contributed by atoms with Crippen molar-refractivity contribution in [3.63, 3.8) is 0 Å². The van der Waals surface area contributed by atoms with E-state index in [1.807, 2.05) is 6.92 Å². The van der Waals surface area contributed by atoms with E-state index >= 15 is 0 Å². The molecule has 0 bridgehead atoms. The van der Waals surface area contributed by atoms with Gasteiger partial charge in [0.2, 0.25) is 0 Å². The molecular weight excluding hydrogens is 228 g/mol. The van der Waals surface area contributed by atoms with Gasteiger partial charge >= 0.3 is 0 Å². The average Bonchev–Trinajstić information content (AvgIpc) is 2.16. The number of hydrogen-bond acceptors (Lipinski definition) is 4. The third kappa shape index (κ3) is 4.39. The highest BCUT2D eigenvalue weighted by atomic mass is 32.2. The van der Waals surface area contributed by atoms with E-state index in [1.165, 1.54) is 0 Å². The minimum absolute atomic E-state index is 0.0709. The van der Waals surface area contributed by atoms with Gasteiger partial charge in [-0.2, -0.15) is 0 Å². The lowest BCUT2D eigenvalue weighted by Gasteiger charge is -2.35. The maximum absolute atomic E-state index is 11.3. The second-order valence-corrected chi connectivity index (χ2v) is 7.17. The van der Waals surface area contributed by atoms with Crippen LogP contribution in [0.2, 0.25) is 0 Å². The largest absolute Gasteiger partial charge is 0.390 e. The fraction of sp³-hybridized carbons (Fsp3) is 1.00. The number of hydrogen-bond donors (Lipinski definition) is 1. The van der Waals surface area contributed by atoms with Gasteiger partial charge in [0, 0.05) is 18.8 Å². The zero-order chi connectivity index (χ0) is 12.2. The summed E-state index contributed by atoms with van der Waals surface area (Å²) in [5, 5.41) is 10.2. The summed E-state index contributed by atoms with van der Waals surface area (Å²) >= 11 is 0. The van der Waals surface area contributed by atoms with E-state index in [9.17, 15) is 13.5 Å². The third-order valence-electron chi connectivity index (χ3n) is 3.17. The second-order valence-electron chi connectivity index (χ2n) is 4.70. The Balaban J connectivity index is 2.36. The second kappa shape index (κ2) is 5.47. The average molecular weight is 250 g/mol. The van der Waals surface area contributed by atoms with Crippen molar-refractivity contribution in [2.45, 2.75) is 51.2 Å². The van der Waals surface area contributed by atoms with E-state index in [1.54, 1.807) is 6.92 Å². The summed E-state index contributed by atoms with van der Waals surface area (Å²) in [6.07, 6.45) is 2.39. The molecule has 0 radical (unpaired) electrons. The van der Waals surface area contributed by atoms with Crippen LogP contribution in [0.5, 0.6) is 0 Å². The smallest absolute Gasteiger partial charge is 0.150 e. The molecule has 1 N–H and O–H groups in total. The van der Waals surface area contributed by atoms with Crippen molar-refractivity contribution in [1.82, 2.24) is 0 Å². The van der Waals surface area contributed by atoms with Crippen LogP contribution in [0.4, 0.5) is 0 Å². The quantitative estimate of drug-likeness (QED) is 0.794. The van der Waals surface area contributed by atoms with Crippen molar-refractivity contribution in [1.29, 1.82) is 0 Å². The topological polar surface area (TPSA) is 63.6 Å². The predicted octanol–water partition coefficient (Wildman–Crippen LogP) is 1.13. The molecule has 16 heavy (non-hydrogen) atoms. The van der Waals surface area contributed by atoms with Crippen molar-refractivity contribution in [2.75, 3.05) is 18.1 Å². The van der Waals surface area contributed by atoms with Gasteiger partial charge in [-0.25, -0.2) is 8.42 Å². The highest BCUT2D eigenvalue weighted by Crippen LogP contribution is 2.29. The number of aliphatic hydroxyl groups is 1. The van der Waals surface area contributed by atoms with Gasteiger partial charge in [-0.1, -0.05) is 6.92 Å². The Labute approximate surface area is 97.9 Å². The molecule has 1 aliphatic rings. The molecule has 1 fully saturated rings. The summed E-state index contributed by atoms with van der Waals surface area (Å²) in [5.74, 6) is 0.367. The Kier molecular flexibility index (Phi) is 4.76. The van der Waals surface area contributed by atoms with Crippen molar-refractivity contribution < 1.29 is 18.3 Å². The molecule has 0 aromatic carbocycles. The molecule has 0 aromatic heterocycles. The zero-order valence-electron chi connectivity index (χ0n) is 10.1. The standard InChI is InChI=1S/C11H22O4S/c1-3-16(13,14)8-4-5-11(12)6-7-15-10(2)9-11/h10,12H,3-9H2,1-2H3. The van der Waals surface area contributed by atoms with Crippen LogP contribution in [-0.2, 0) is 14.6 Å². The van der Waals surface area contributed by atoms with Crippen LogP contribution in [0.1, 0.15) is 39.5 Å². The number of rotatable bonds is 5. The molecule has 1 heterocycles. The highest BCUT2D eigenvalue weighted by molar-refractivity contribution is 7.91. The molecule has 4 nitrogen and oxygen atoms in total.